The fraction of sp³-hybridized carbons (Fsp3) is 0.250. The van der Waals surface area contributed by atoms with E-state index in [-0.39, 0.29) is 24.5 Å². The van der Waals surface area contributed by atoms with E-state index in [1.54, 1.807) is 33.7 Å². The molecule has 0 fully saturated rings. The Morgan fingerprint density at radius 1 is 0.882 bits per heavy atom. The number of ether oxygens (including phenoxy) is 1. The maximum Gasteiger partial charge on any atom is 0.326 e. The van der Waals surface area contributed by atoms with Gasteiger partial charge in [-0.1, -0.05) is 61.0 Å². The van der Waals surface area contributed by atoms with Gasteiger partial charge in [0.15, 0.2) is 12.0 Å². The van der Waals surface area contributed by atoms with Gasteiger partial charge in [0.05, 0.1) is 11.0 Å². The summed E-state index contributed by atoms with van der Waals surface area (Å²) >= 11 is 0. The first-order valence-corrected chi connectivity index (χ1v) is 11.5. The van der Waals surface area contributed by atoms with Crippen molar-refractivity contribution in [3.8, 4) is 0 Å². The molecule has 1 aromatic heterocycles. The van der Waals surface area contributed by atoms with Gasteiger partial charge in [-0.2, -0.15) is 0 Å². The second kappa shape index (κ2) is 10.3. The molecule has 3 aromatic carbocycles. The minimum atomic E-state index is -0.529. The number of amides is 1. The standard InChI is InChI=1S/C28H28N2O4/c1-3-16-29(17-21-14-12-20(2)13-15-21)26(31)19-34-27(32)18-30-24-10-6-4-8-22(24)28(33)23-9-5-7-11-25(23)30/h4-15H,3,16-19H2,1-2H3. The van der Waals surface area contributed by atoms with Crippen LogP contribution in [0.3, 0.4) is 0 Å². The number of aromatic nitrogens is 1. The molecule has 1 amide bonds. The number of nitrogens with zero attached hydrogens (tertiary/aromatic N) is 2. The van der Waals surface area contributed by atoms with Crippen molar-refractivity contribution >= 4 is 33.7 Å². The van der Waals surface area contributed by atoms with E-state index in [2.05, 4.69) is 0 Å². The minimum absolute atomic E-state index is 0.0719. The molecule has 4 aromatic rings. The SMILES string of the molecule is CCCN(Cc1ccc(C)cc1)C(=O)COC(=O)Cn1c2ccccc2c(=O)c2ccccc21. The first kappa shape index (κ1) is 23.2. The van der Waals surface area contributed by atoms with E-state index in [9.17, 15) is 14.4 Å². The topological polar surface area (TPSA) is 68.6 Å². The monoisotopic (exact) mass is 456 g/mol. The third-order valence-corrected chi connectivity index (χ3v) is 5.86. The van der Waals surface area contributed by atoms with Crippen LogP contribution < -0.4 is 5.43 Å². The first-order chi connectivity index (χ1) is 16.5. The highest BCUT2D eigenvalue weighted by Crippen LogP contribution is 2.19. The van der Waals surface area contributed by atoms with Gasteiger partial charge >= 0.3 is 5.97 Å². The predicted octanol–water partition coefficient (Wildman–Crippen LogP) is 4.45. The van der Waals surface area contributed by atoms with Gasteiger partial charge in [0.1, 0.15) is 6.54 Å². The van der Waals surface area contributed by atoms with Gasteiger partial charge in [-0.05, 0) is 43.2 Å². The zero-order valence-electron chi connectivity index (χ0n) is 19.5. The van der Waals surface area contributed by atoms with Gasteiger partial charge in [0, 0.05) is 23.9 Å². The van der Waals surface area contributed by atoms with Crippen molar-refractivity contribution in [1.29, 1.82) is 0 Å². The second-order valence-corrected chi connectivity index (χ2v) is 8.41. The fourth-order valence-electron chi connectivity index (χ4n) is 4.13. The molecule has 0 atom stereocenters. The molecule has 0 aliphatic rings. The Bertz CT molecular complexity index is 1330. The van der Waals surface area contributed by atoms with Crippen LogP contribution in [-0.2, 0) is 27.4 Å². The van der Waals surface area contributed by atoms with Crippen LogP contribution in [0, 0.1) is 6.92 Å². The number of esters is 1. The summed E-state index contributed by atoms with van der Waals surface area (Å²) in [6.45, 7) is 4.67. The Morgan fingerprint density at radius 2 is 1.47 bits per heavy atom. The summed E-state index contributed by atoms with van der Waals surface area (Å²) in [5.74, 6) is -0.760. The molecule has 0 saturated carbocycles. The highest BCUT2D eigenvalue weighted by Gasteiger charge is 2.18. The molecule has 6 heteroatoms. The van der Waals surface area contributed by atoms with Crippen molar-refractivity contribution < 1.29 is 14.3 Å². The van der Waals surface area contributed by atoms with E-state index >= 15 is 0 Å². The lowest BCUT2D eigenvalue weighted by molar-refractivity contribution is -0.152. The lowest BCUT2D eigenvalue weighted by Crippen LogP contribution is -2.35. The van der Waals surface area contributed by atoms with Gasteiger partial charge in [-0.25, -0.2) is 0 Å². The van der Waals surface area contributed by atoms with Gasteiger partial charge in [0.2, 0.25) is 0 Å². The number of para-hydroxylation sites is 2. The molecule has 0 aliphatic carbocycles. The summed E-state index contributed by atoms with van der Waals surface area (Å²) in [5, 5.41) is 1.08. The van der Waals surface area contributed by atoms with Crippen molar-refractivity contribution in [2.24, 2.45) is 0 Å². The van der Waals surface area contributed by atoms with Crippen molar-refractivity contribution in [3.05, 3.63) is 94.1 Å². The van der Waals surface area contributed by atoms with Crippen LogP contribution in [0.2, 0.25) is 0 Å². The molecule has 34 heavy (non-hydrogen) atoms. The quantitative estimate of drug-likeness (QED) is 0.290. The van der Waals surface area contributed by atoms with Gasteiger partial charge in [-0.3, -0.25) is 14.4 Å². The van der Waals surface area contributed by atoms with E-state index in [0.717, 1.165) is 17.5 Å². The number of carbonyl (C=O) groups is 2. The molecule has 0 spiro atoms. The molecule has 0 aliphatic heterocycles. The molecule has 0 bridgehead atoms. The maximum atomic E-state index is 12.9. The Hall–Kier alpha value is -3.93. The van der Waals surface area contributed by atoms with Crippen molar-refractivity contribution in [3.63, 3.8) is 0 Å². The number of hydrogen-bond donors (Lipinski definition) is 0. The molecule has 6 nitrogen and oxygen atoms in total. The van der Waals surface area contributed by atoms with Crippen LogP contribution in [0.4, 0.5) is 0 Å². The largest absolute Gasteiger partial charge is 0.454 e. The van der Waals surface area contributed by atoms with Crippen LogP contribution in [0.5, 0.6) is 0 Å². The van der Waals surface area contributed by atoms with Crippen molar-refractivity contribution in [2.45, 2.75) is 33.4 Å². The zero-order chi connectivity index (χ0) is 24.1. The third-order valence-electron chi connectivity index (χ3n) is 5.86. The molecule has 0 saturated heterocycles. The molecule has 1 heterocycles. The fourth-order valence-corrected chi connectivity index (χ4v) is 4.13. The number of hydrogen-bond acceptors (Lipinski definition) is 4. The first-order valence-electron chi connectivity index (χ1n) is 11.5. The lowest BCUT2D eigenvalue weighted by Gasteiger charge is -2.22. The van der Waals surface area contributed by atoms with E-state index in [4.69, 9.17) is 4.74 Å². The molecule has 0 radical (unpaired) electrons. The summed E-state index contributed by atoms with van der Waals surface area (Å²) in [4.78, 5) is 40.2. The Morgan fingerprint density at radius 3 is 2.06 bits per heavy atom. The summed E-state index contributed by atoms with van der Waals surface area (Å²) in [5.41, 5.74) is 3.43. The molecular formula is C28H28N2O4. The van der Waals surface area contributed by atoms with Gasteiger partial charge in [0.25, 0.3) is 5.91 Å². The van der Waals surface area contributed by atoms with Gasteiger partial charge < -0.3 is 14.2 Å². The highest BCUT2D eigenvalue weighted by atomic mass is 16.5. The van der Waals surface area contributed by atoms with Crippen molar-refractivity contribution in [2.75, 3.05) is 13.2 Å². The van der Waals surface area contributed by atoms with Crippen LogP contribution in [0.25, 0.3) is 21.8 Å². The molecule has 0 N–H and O–H groups in total. The molecule has 174 valence electrons. The Kier molecular flexibility index (Phi) is 7.07. The normalized spacial score (nSPS) is 11.0. The maximum absolute atomic E-state index is 12.9. The van der Waals surface area contributed by atoms with Crippen molar-refractivity contribution in [1.82, 2.24) is 9.47 Å². The number of fused-ring (bicyclic) bond motifs is 2. The predicted molar refractivity (Wildman–Crippen MR) is 134 cm³/mol. The second-order valence-electron chi connectivity index (χ2n) is 8.41. The average Bonchev–Trinajstić information content (AvgIpc) is 2.86. The Labute approximate surface area is 198 Å². The summed E-state index contributed by atoms with van der Waals surface area (Å²) in [7, 11) is 0. The summed E-state index contributed by atoms with van der Waals surface area (Å²) < 4.78 is 7.16. The van der Waals surface area contributed by atoms with Crippen LogP contribution in [-0.4, -0.2) is 34.5 Å². The summed E-state index contributed by atoms with van der Waals surface area (Å²) in [6, 6.07) is 22.4. The minimum Gasteiger partial charge on any atom is -0.454 e. The van der Waals surface area contributed by atoms with E-state index in [0.29, 0.717) is 34.9 Å². The number of pyridine rings is 1. The van der Waals surface area contributed by atoms with E-state index in [1.165, 1.54) is 0 Å². The molecule has 4 rings (SSSR count). The van der Waals surface area contributed by atoms with Gasteiger partial charge in [-0.15, -0.1) is 0 Å². The van der Waals surface area contributed by atoms with Crippen LogP contribution in [0.1, 0.15) is 24.5 Å². The smallest absolute Gasteiger partial charge is 0.326 e. The van der Waals surface area contributed by atoms with E-state index in [1.807, 2.05) is 62.4 Å². The van der Waals surface area contributed by atoms with Crippen LogP contribution >= 0.6 is 0 Å². The zero-order valence-corrected chi connectivity index (χ0v) is 19.5. The Balaban J connectivity index is 1.50. The lowest BCUT2D eigenvalue weighted by atomic mass is 10.1. The third kappa shape index (κ3) is 5.01. The summed E-state index contributed by atoms with van der Waals surface area (Å²) in [6.07, 6.45) is 0.806. The number of carbonyl (C=O) groups excluding carboxylic acids is 2. The highest BCUT2D eigenvalue weighted by molar-refractivity contribution is 5.94. The molecular weight excluding hydrogens is 428 g/mol. The number of benzene rings is 3. The van der Waals surface area contributed by atoms with Crippen LogP contribution in [0.15, 0.2) is 77.6 Å². The number of aryl methyl sites for hydroxylation is 1. The number of rotatable bonds is 8. The molecule has 0 unspecified atom stereocenters. The van der Waals surface area contributed by atoms with E-state index < -0.39 is 5.97 Å². The average molecular weight is 457 g/mol.